The molecule has 1 amide bonds. The van der Waals surface area contributed by atoms with Gasteiger partial charge in [-0.3, -0.25) is 9.78 Å². The van der Waals surface area contributed by atoms with Gasteiger partial charge in [0.1, 0.15) is 6.10 Å². The molecule has 0 aromatic carbocycles. The van der Waals surface area contributed by atoms with Gasteiger partial charge in [-0.25, -0.2) is 4.98 Å². The molecule has 6 heteroatoms. The van der Waals surface area contributed by atoms with E-state index in [0.29, 0.717) is 11.6 Å². The summed E-state index contributed by atoms with van der Waals surface area (Å²) in [6, 6.07) is 5.40. The first-order valence-corrected chi connectivity index (χ1v) is 9.28. The van der Waals surface area contributed by atoms with E-state index in [1.165, 1.54) is 0 Å². The quantitative estimate of drug-likeness (QED) is 0.916. The molecule has 0 radical (unpaired) electrons. The Morgan fingerprint density at radius 2 is 2.00 bits per heavy atom. The molecular weight excluding hydrogens is 328 g/mol. The van der Waals surface area contributed by atoms with Crippen molar-refractivity contribution in [2.45, 2.75) is 38.2 Å². The molecule has 1 N–H and O–H groups in total. The molecule has 1 saturated heterocycles. The van der Waals surface area contributed by atoms with Gasteiger partial charge in [0.25, 0.3) is 5.91 Å². The number of hydrogen-bond acceptors (Lipinski definition) is 5. The van der Waals surface area contributed by atoms with Crippen LogP contribution < -0.4 is 10.1 Å². The van der Waals surface area contributed by atoms with Crippen LogP contribution in [0, 0.1) is 0 Å². The number of nitrogens with zero attached hydrogens (tertiary/aromatic N) is 3. The van der Waals surface area contributed by atoms with Gasteiger partial charge >= 0.3 is 0 Å². The number of ether oxygens (including phenoxy) is 1. The van der Waals surface area contributed by atoms with E-state index in [4.69, 9.17) is 4.74 Å². The highest BCUT2D eigenvalue weighted by Gasteiger charge is 2.21. The number of piperidine rings is 1. The summed E-state index contributed by atoms with van der Waals surface area (Å²) in [5.41, 5.74) is 3.57. The Hall–Kier alpha value is -2.47. The van der Waals surface area contributed by atoms with Crippen molar-refractivity contribution in [2.75, 3.05) is 25.5 Å². The van der Waals surface area contributed by atoms with Crippen molar-refractivity contribution in [1.82, 2.24) is 14.9 Å². The number of likely N-dealkylation sites (tertiary alicyclic amines) is 1. The molecule has 0 bridgehead atoms. The van der Waals surface area contributed by atoms with Crippen molar-refractivity contribution in [1.29, 1.82) is 0 Å². The summed E-state index contributed by atoms with van der Waals surface area (Å²) in [7, 11) is 2.13. The molecule has 1 aliphatic heterocycles. The minimum absolute atomic E-state index is 0.0954. The summed E-state index contributed by atoms with van der Waals surface area (Å²) in [6.45, 7) is 2.07. The lowest BCUT2D eigenvalue weighted by atomic mass is 10.1. The molecule has 1 aliphatic carbocycles. The van der Waals surface area contributed by atoms with Gasteiger partial charge in [0, 0.05) is 48.5 Å². The van der Waals surface area contributed by atoms with Crippen molar-refractivity contribution >= 4 is 11.6 Å². The van der Waals surface area contributed by atoms with Crippen LogP contribution in [0.25, 0.3) is 0 Å². The normalized spacial score (nSPS) is 17.7. The average Bonchev–Trinajstić information content (AvgIpc) is 3.12. The highest BCUT2D eigenvalue weighted by atomic mass is 16.5. The van der Waals surface area contributed by atoms with Crippen LogP contribution in [0.3, 0.4) is 0 Å². The van der Waals surface area contributed by atoms with Gasteiger partial charge in [-0.2, -0.15) is 0 Å². The summed E-state index contributed by atoms with van der Waals surface area (Å²) in [5, 5.41) is 2.98. The molecule has 2 aromatic heterocycles. The fourth-order valence-electron chi connectivity index (χ4n) is 3.70. The number of rotatable bonds is 4. The van der Waals surface area contributed by atoms with E-state index >= 15 is 0 Å². The number of amides is 1. The molecule has 2 aromatic rings. The third-order valence-electron chi connectivity index (χ3n) is 5.18. The molecule has 26 heavy (non-hydrogen) atoms. The molecule has 6 nitrogen and oxygen atoms in total. The lowest BCUT2D eigenvalue weighted by Gasteiger charge is -2.28. The molecule has 2 aliphatic rings. The van der Waals surface area contributed by atoms with Gasteiger partial charge in [0.2, 0.25) is 5.88 Å². The van der Waals surface area contributed by atoms with Gasteiger partial charge in [-0.1, -0.05) is 0 Å². The van der Waals surface area contributed by atoms with Crippen molar-refractivity contribution in [3.05, 3.63) is 47.4 Å². The topological polar surface area (TPSA) is 67.3 Å². The molecule has 0 atom stereocenters. The predicted octanol–water partition coefficient (Wildman–Crippen LogP) is 2.69. The third kappa shape index (κ3) is 3.70. The number of nitrogens with one attached hydrogen (secondary N) is 1. The second-order valence-corrected chi connectivity index (χ2v) is 7.09. The van der Waals surface area contributed by atoms with Crippen molar-refractivity contribution in [3.63, 3.8) is 0 Å². The molecule has 3 heterocycles. The second-order valence-electron chi connectivity index (χ2n) is 7.09. The maximum atomic E-state index is 12.7. The standard InChI is InChI=1S/C20H24N4O2/c1-24-11-7-15(8-12-24)26-19-13-14(5-9-22-19)23-20(25)17-6-10-21-18-4-2-3-16(17)18/h5-6,9-10,13,15H,2-4,7-8,11-12H2,1H3,(H,22,23,25). The van der Waals surface area contributed by atoms with Crippen molar-refractivity contribution in [2.24, 2.45) is 0 Å². The lowest BCUT2D eigenvalue weighted by Crippen LogP contribution is -2.35. The SMILES string of the molecule is CN1CCC(Oc2cc(NC(=O)c3ccnc4c3CCC4)ccn2)CC1. The minimum Gasteiger partial charge on any atom is -0.474 e. The Labute approximate surface area is 153 Å². The third-order valence-corrected chi connectivity index (χ3v) is 5.18. The van der Waals surface area contributed by atoms with E-state index < -0.39 is 0 Å². The van der Waals surface area contributed by atoms with Crippen molar-refractivity contribution < 1.29 is 9.53 Å². The van der Waals surface area contributed by atoms with Crippen LogP contribution in [0.2, 0.25) is 0 Å². The second kappa shape index (κ2) is 7.41. The van der Waals surface area contributed by atoms with Crippen molar-refractivity contribution in [3.8, 4) is 5.88 Å². The molecule has 136 valence electrons. The van der Waals surface area contributed by atoms with Crippen LogP contribution in [0.5, 0.6) is 5.88 Å². The van der Waals surface area contributed by atoms with Crippen LogP contribution in [-0.4, -0.2) is 47.0 Å². The zero-order chi connectivity index (χ0) is 17.9. The van der Waals surface area contributed by atoms with Gasteiger partial charge in [-0.05, 0) is 56.8 Å². The first kappa shape index (κ1) is 17.0. The van der Waals surface area contributed by atoms with E-state index in [9.17, 15) is 4.79 Å². The molecule has 0 unspecified atom stereocenters. The number of aryl methyl sites for hydroxylation is 1. The van der Waals surface area contributed by atoms with Gasteiger partial charge in [0.15, 0.2) is 0 Å². The van der Waals surface area contributed by atoms with E-state index in [0.717, 1.165) is 62.0 Å². The Morgan fingerprint density at radius 3 is 2.85 bits per heavy atom. The highest BCUT2D eigenvalue weighted by Crippen LogP contribution is 2.25. The van der Waals surface area contributed by atoms with Crippen LogP contribution in [0.4, 0.5) is 5.69 Å². The Kier molecular flexibility index (Phi) is 4.84. The first-order chi connectivity index (χ1) is 12.7. The minimum atomic E-state index is -0.0954. The van der Waals surface area contributed by atoms with Crippen LogP contribution >= 0.6 is 0 Å². The molecule has 1 fully saturated rings. The highest BCUT2D eigenvalue weighted by molar-refractivity contribution is 6.05. The van der Waals surface area contributed by atoms with Crippen LogP contribution in [0.15, 0.2) is 30.6 Å². The fourth-order valence-corrected chi connectivity index (χ4v) is 3.70. The predicted molar refractivity (Wildman–Crippen MR) is 99.6 cm³/mol. The van der Waals surface area contributed by atoms with E-state index in [2.05, 4.69) is 27.2 Å². The summed E-state index contributed by atoms with van der Waals surface area (Å²) in [4.78, 5) is 23.7. The zero-order valence-corrected chi connectivity index (χ0v) is 15.1. The lowest BCUT2D eigenvalue weighted by molar-refractivity contribution is 0.102. The number of anilines is 1. The fraction of sp³-hybridized carbons (Fsp3) is 0.450. The molecular formula is C20H24N4O2. The number of hydrogen-bond donors (Lipinski definition) is 1. The average molecular weight is 352 g/mol. The smallest absolute Gasteiger partial charge is 0.256 e. The Bertz CT molecular complexity index is 800. The number of carbonyl (C=O) groups excluding carboxylic acids is 1. The Balaban J connectivity index is 1.44. The molecule has 0 saturated carbocycles. The largest absolute Gasteiger partial charge is 0.474 e. The number of carbonyl (C=O) groups is 1. The summed E-state index contributed by atoms with van der Waals surface area (Å²) in [6.07, 6.45) is 8.53. The van der Waals surface area contributed by atoms with Gasteiger partial charge < -0.3 is 15.0 Å². The summed E-state index contributed by atoms with van der Waals surface area (Å²) >= 11 is 0. The Morgan fingerprint density at radius 1 is 1.19 bits per heavy atom. The number of aromatic nitrogens is 2. The summed E-state index contributed by atoms with van der Waals surface area (Å²) in [5.74, 6) is 0.472. The maximum absolute atomic E-state index is 12.7. The number of pyridine rings is 2. The van der Waals surface area contributed by atoms with E-state index in [1.807, 2.05) is 0 Å². The molecule has 0 spiro atoms. The first-order valence-electron chi connectivity index (χ1n) is 9.28. The van der Waals surface area contributed by atoms with Gasteiger partial charge in [-0.15, -0.1) is 0 Å². The van der Waals surface area contributed by atoms with E-state index in [1.54, 1.807) is 30.6 Å². The van der Waals surface area contributed by atoms with Gasteiger partial charge in [0.05, 0.1) is 0 Å². The number of fused-ring (bicyclic) bond motifs is 1. The monoisotopic (exact) mass is 352 g/mol. The van der Waals surface area contributed by atoms with Crippen LogP contribution in [0.1, 0.15) is 40.9 Å². The molecule has 4 rings (SSSR count). The zero-order valence-electron chi connectivity index (χ0n) is 15.1. The maximum Gasteiger partial charge on any atom is 0.256 e. The van der Waals surface area contributed by atoms with Crippen LogP contribution in [-0.2, 0) is 12.8 Å². The summed E-state index contributed by atoms with van der Waals surface area (Å²) < 4.78 is 6.01. The van der Waals surface area contributed by atoms with E-state index in [-0.39, 0.29) is 12.0 Å².